The highest BCUT2D eigenvalue weighted by molar-refractivity contribution is 6.10. The van der Waals surface area contributed by atoms with E-state index in [4.69, 9.17) is 0 Å². The number of imide groups is 1. The monoisotopic (exact) mass is 255 g/mol. The summed E-state index contributed by atoms with van der Waals surface area (Å²) >= 11 is 0. The second kappa shape index (κ2) is 4.41. The van der Waals surface area contributed by atoms with Gasteiger partial charge >= 0.3 is 0 Å². The molecule has 6 heteroatoms. The van der Waals surface area contributed by atoms with Gasteiger partial charge < -0.3 is 9.51 Å². The topological polar surface area (TPSA) is 88.0 Å². The highest BCUT2D eigenvalue weighted by atomic mass is 16.5. The first-order chi connectivity index (χ1) is 9.24. The number of benzene rings is 1. The van der Waals surface area contributed by atoms with Gasteiger partial charge in [0.2, 0.25) is 0 Å². The summed E-state index contributed by atoms with van der Waals surface area (Å²) in [5.41, 5.74) is 1.36. The summed E-state index contributed by atoms with van der Waals surface area (Å²) in [6.07, 6.45) is 2.42. The molecule has 0 unspecified atom stereocenters. The van der Waals surface area contributed by atoms with E-state index in [-0.39, 0.29) is 5.56 Å². The molecule has 3 aromatic rings. The Balaban J connectivity index is 1.82. The second-order valence-electron chi connectivity index (χ2n) is 3.97. The minimum absolute atomic E-state index is 0.199. The zero-order chi connectivity index (χ0) is 13.2. The van der Waals surface area contributed by atoms with E-state index in [0.29, 0.717) is 5.69 Å². The minimum Gasteiger partial charge on any atom is -0.364 e. The summed E-state index contributed by atoms with van der Waals surface area (Å²) in [7, 11) is 0. The van der Waals surface area contributed by atoms with Crippen molar-refractivity contribution < 1.29 is 14.1 Å². The van der Waals surface area contributed by atoms with Crippen LogP contribution < -0.4 is 5.32 Å². The Labute approximate surface area is 107 Å². The predicted molar refractivity (Wildman–Crippen MR) is 66.6 cm³/mol. The van der Waals surface area contributed by atoms with Gasteiger partial charge in [0.05, 0.1) is 11.8 Å². The molecule has 0 saturated carbocycles. The summed E-state index contributed by atoms with van der Waals surface area (Å²) in [6, 6.07) is 9.16. The van der Waals surface area contributed by atoms with Crippen LogP contribution in [0.15, 0.2) is 47.3 Å². The van der Waals surface area contributed by atoms with E-state index in [2.05, 4.69) is 20.0 Å². The number of rotatable bonds is 2. The van der Waals surface area contributed by atoms with Crippen molar-refractivity contribution in [1.29, 1.82) is 0 Å². The highest BCUT2D eigenvalue weighted by Crippen LogP contribution is 2.14. The van der Waals surface area contributed by atoms with Crippen LogP contribution in [0.2, 0.25) is 0 Å². The molecule has 6 nitrogen and oxygen atoms in total. The normalized spacial score (nSPS) is 10.5. The maximum atomic E-state index is 11.9. The Hall–Kier alpha value is -2.89. The van der Waals surface area contributed by atoms with Crippen LogP contribution in [-0.4, -0.2) is 22.0 Å². The number of para-hydroxylation sites is 1. The van der Waals surface area contributed by atoms with E-state index in [0.717, 1.165) is 10.9 Å². The fourth-order valence-corrected chi connectivity index (χ4v) is 1.76. The maximum Gasteiger partial charge on any atom is 0.274 e. The van der Waals surface area contributed by atoms with E-state index in [1.807, 2.05) is 24.3 Å². The van der Waals surface area contributed by atoms with Crippen molar-refractivity contribution in [3.8, 4) is 0 Å². The van der Waals surface area contributed by atoms with Crippen LogP contribution in [0.1, 0.15) is 20.8 Å². The summed E-state index contributed by atoms with van der Waals surface area (Å²) in [5.74, 6) is -1.05. The molecule has 0 atom stereocenters. The third-order valence-corrected chi connectivity index (χ3v) is 2.70. The first kappa shape index (κ1) is 11.2. The number of nitrogens with zero attached hydrogens (tertiary/aromatic N) is 1. The number of amides is 2. The number of carbonyl (C=O) groups excluding carboxylic acids is 2. The smallest absolute Gasteiger partial charge is 0.274 e. The van der Waals surface area contributed by atoms with E-state index in [9.17, 15) is 9.59 Å². The van der Waals surface area contributed by atoms with Crippen molar-refractivity contribution in [2.24, 2.45) is 0 Å². The van der Waals surface area contributed by atoms with Crippen molar-refractivity contribution in [1.82, 2.24) is 15.5 Å². The molecule has 0 aliphatic carbocycles. The molecule has 94 valence electrons. The van der Waals surface area contributed by atoms with Gasteiger partial charge in [-0.05, 0) is 12.1 Å². The third-order valence-electron chi connectivity index (χ3n) is 2.70. The number of hydrogen-bond acceptors (Lipinski definition) is 4. The molecule has 0 aliphatic heterocycles. The Morgan fingerprint density at radius 1 is 1.21 bits per heavy atom. The molecule has 0 fully saturated rings. The quantitative estimate of drug-likeness (QED) is 0.682. The molecule has 0 saturated heterocycles. The van der Waals surface area contributed by atoms with Crippen LogP contribution in [-0.2, 0) is 0 Å². The van der Waals surface area contributed by atoms with Crippen LogP contribution >= 0.6 is 0 Å². The molecular formula is C13H9N3O3. The van der Waals surface area contributed by atoms with Crippen LogP contribution in [0, 0.1) is 0 Å². The maximum absolute atomic E-state index is 11.9. The van der Waals surface area contributed by atoms with Gasteiger partial charge in [-0.2, -0.15) is 0 Å². The number of aromatic amines is 1. The second-order valence-corrected chi connectivity index (χ2v) is 3.97. The number of hydrogen-bond donors (Lipinski definition) is 2. The lowest BCUT2D eigenvalue weighted by atomic mass is 10.2. The first-order valence-electron chi connectivity index (χ1n) is 5.57. The van der Waals surface area contributed by atoms with Crippen molar-refractivity contribution in [3.05, 3.63) is 54.0 Å². The highest BCUT2D eigenvalue weighted by Gasteiger charge is 2.15. The van der Waals surface area contributed by atoms with Crippen molar-refractivity contribution >= 4 is 22.7 Å². The lowest BCUT2D eigenvalue weighted by molar-refractivity contribution is 0.0846. The molecule has 0 bridgehead atoms. The molecule has 2 aromatic heterocycles. The largest absolute Gasteiger partial charge is 0.364 e. The van der Waals surface area contributed by atoms with Gasteiger partial charge in [0.1, 0.15) is 12.0 Å². The van der Waals surface area contributed by atoms with Crippen molar-refractivity contribution in [2.45, 2.75) is 0 Å². The average molecular weight is 255 g/mol. The zero-order valence-electron chi connectivity index (χ0n) is 9.71. The fourth-order valence-electron chi connectivity index (χ4n) is 1.76. The minimum atomic E-state index is -0.551. The molecule has 0 radical (unpaired) electrons. The summed E-state index contributed by atoms with van der Waals surface area (Å²) in [5, 5.41) is 6.56. The summed E-state index contributed by atoms with van der Waals surface area (Å²) in [6.45, 7) is 0. The number of fused-ring (bicyclic) bond motifs is 1. The van der Waals surface area contributed by atoms with Crippen LogP contribution in [0.4, 0.5) is 0 Å². The van der Waals surface area contributed by atoms with Gasteiger partial charge in [0.15, 0.2) is 0 Å². The van der Waals surface area contributed by atoms with Gasteiger partial charge in [-0.15, -0.1) is 0 Å². The molecule has 2 amide bonds. The Morgan fingerprint density at radius 2 is 2.05 bits per heavy atom. The van der Waals surface area contributed by atoms with E-state index in [1.54, 1.807) is 6.07 Å². The van der Waals surface area contributed by atoms with Gasteiger partial charge in [0, 0.05) is 10.9 Å². The van der Waals surface area contributed by atoms with E-state index in [1.165, 1.54) is 12.5 Å². The van der Waals surface area contributed by atoms with Crippen molar-refractivity contribution in [3.63, 3.8) is 0 Å². The lowest BCUT2D eigenvalue weighted by Crippen LogP contribution is -2.30. The van der Waals surface area contributed by atoms with Gasteiger partial charge in [-0.1, -0.05) is 23.4 Å². The van der Waals surface area contributed by atoms with Gasteiger partial charge in [-0.3, -0.25) is 14.9 Å². The number of nitrogens with one attached hydrogen (secondary N) is 2. The fraction of sp³-hybridized carbons (Fsp3) is 0. The number of carbonyl (C=O) groups is 2. The van der Waals surface area contributed by atoms with Crippen LogP contribution in [0.25, 0.3) is 10.9 Å². The van der Waals surface area contributed by atoms with E-state index < -0.39 is 11.8 Å². The lowest BCUT2D eigenvalue weighted by Gasteiger charge is -1.98. The molecule has 0 spiro atoms. The summed E-state index contributed by atoms with van der Waals surface area (Å²) in [4.78, 5) is 26.5. The summed E-state index contributed by atoms with van der Waals surface area (Å²) < 4.78 is 4.54. The zero-order valence-corrected chi connectivity index (χ0v) is 9.71. The Morgan fingerprint density at radius 3 is 2.79 bits per heavy atom. The standard InChI is InChI=1S/C13H9N3O3/c17-12(9-6-14-19-7-9)16-13(18)11-5-8-3-1-2-4-10(8)15-11/h1-7,15H,(H,16,17,18). The molecular weight excluding hydrogens is 246 g/mol. The Kier molecular flexibility index (Phi) is 2.60. The molecule has 3 rings (SSSR count). The van der Waals surface area contributed by atoms with Crippen LogP contribution in [0.5, 0.6) is 0 Å². The van der Waals surface area contributed by atoms with Crippen molar-refractivity contribution in [2.75, 3.05) is 0 Å². The average Bonchev–Trinajstić information content (AvgIpc) is 3.07. The molecule has 19 heavy (non-hydrogen) atoms. The first-order valence-corrected chi connectivity index (χ1v) is 5.57. The molecule has 2 N–H and O–H groups in total. The third kappa shape index (κ3) is 2.11. The Bertz CT molecular complexity index is 710. The molecule has 1 aromatic carbocycles. The predicted octanol–water partition coefficient (Wildman–Crippen LogP) is 1.73. The van der Waals surface area contributed by atoms with E-state index >= 15 is 0 Å². The molecule has 2 heterocycles. The molecule has 0 aliphatic rings. The van der Waals surface area contributed by atoms with Crippen LogP contribution in [0.3, 0.4) is 0 Å². The number of H-pyrrole nitrogens is 1. The number of aromatic nitrogens is 2. The SMILES string of the molecule is O=C(NC(=O)c1cc2ccccc2[nH]1)c1cnoc1. The van der Waals surface area contributed by atoms with Gasteiger partial charge in [-0.25, -0.2) is 0 Å². The van der Waals surface area contributed by atoms with Gasteiger partial charge in [0.25, 0.3) is 11.8 Å².